The SMILES string of the molecule is COC(=O)C(C)(Nc1ccccc1F)C(C)C. The smallest absolute Gasteiger partial charge is 0.331 e. The molecule has 0 radical (unpaired) electrons. The van der Waals surface area contributed by atoms with E-state index in [9.17, 15) is 9.18 Å². The number of carbonyl (C=O) groups is 1. The van der Waals surface area contributed by atoms with E-state index in [0.29, 0.717) is 5.69 Å². The molecule has 0 saturated carbocycles. The van der Waals surface area contributed by atoms with Gasteiger partial charge in [0.15, 0.2) is 0 Å². The first-order valence-electron chi connectivity index (χ1n) is 5.53. The van der Waals surface area contributed by atoms with Gasteiger partial charge in [-0.15, -0.1) is 0 Å². The van der Waals surface area contributed by atoms with Crippen molar-refractivity contribution in [3.05, 3.63) is 30.1 Å². The fourth-order valence-electron chi connectivity index (χ4n) is 1.49. The number of benzene rings is 1. The topological polar surface area (TPSA) is 38.3 Å². The zero-order chi connectivity index (χ0) is 13.1. The Hall–Kier alpha value is -1.58. The lowest BCUT2D eigenvalue weighted by Crippen LogP contribution is -2.49. The molecule has 1 N–H and O–H groups in total. The molecule has 1 rings (SSSR count). The fourth-order valence-corrected chi connectivity index (χ4v) is 1.49. The largest absolute Gasteiger partial charge is 0.467 e. The normalized spacial score (nSPS) is 14.2. The van der Waals surface area contributed by atoms with Crippen LogP contribution in [0, 0.1) is 11.7 Å². The zero-order valence-corrected chi connectivity index (χ0v) is 10.6. The lowest BCUT2D eigenvalue weighted by Gasteiger charge is -2.32. The summed E-state index contributed by atoms with van der Waals surface area (Å²) in [7, 11) is 1.33. The summed E-state index contributed by atoms with van der Waals surface area (Å²) in [6.45, 7) is 5.46. The van der Waals surface area contributed by atoms with Crippen LogP contribution in [0.5, 0.6) is 0 Å². The van der Waals surface area contributed by atoms with Crippen molar-refractivity contribution in [2.24, 2.45) is 5.92 Å². The van der Waals surface area contributed by atoms with Crippen molar-refractivity contribution in [1.82, 2.24) is 0 Å². The minimum Gasteiger partial charge on any atom is -0.467 e. The Morgan fingerprint density at radius 3 is 2.47 bits per heavy atom. The molecule has 17 heavy (non-hydrogen) atoms. The number of carbonyl (C=O) groups excluding carboxylic acids is 1. The van der Waals surface area contributed by atoms with Crippen LogP contribution >= 0.6 is 0 Å². The average molecular weight is 239 g/mol. The van der Waals surface area contributed by atoms with E-state index < -0.39 is 11.5 Å². The Balaban J connectivity index is 3.04. The van der Waals surface area contributed by atoms with Crippen molar-refractivity contribution in [2.45, 2.75) is 26.3 Å². The van der Waals surface area contributed by atoms with Gasteiger partial charge in [0, 0.05) is 0 Å². The predicted molar refractivity (Wildman–Crippen MR) is 65.3 cm³/mol. The maximum atomic E-state index is 13.5. The third-order valence-electron chi connectivity index (χ3n) is 3.03. The van der Waals surface area contributed by atoms with Crippen LogP contribution in [0.3, 0.4) is 0 Å². The van der Waals surface area contributed by atoms with Gasteiger partial charge < -0.3 is 10.1 Å². The molecule has 0 aliphatic rings. The van der Waals surface area contributed by atoms with Gasteiger partial charge in [0.1, 0.15) is 11.4 Å². The van der Waals surface area contributed by atoms with Gasteiger partial charge in [0.2, 0.25) is 0 Å². The maximum Gasteiger partial charge on any atom is 0.331 e. The summed E-state index contributed by atoms with van der Waals surface area (Å²) in [5.74, 6) is -0.825. The van der Waals surface area contributed by atoms with Crippen molar-refractivity contribution in [3.8, 4) is 0 Å². The second-order valence-corrected chi connectivity index (χ2v) is 4.45. The lowest BCUT2D eigenvalue weighted by atomic mass is 9.88. The Labute approximate surface area is 101 Å². The average Bonchev–Trinajstić information content (AvgIpc) is 2.30. The van der Waals surface area contributed by atoms with E-state index in [1.807, 2.05) is 13.8 Å². The monoisotopic (exact) mass is 239 g/mol. The summed E-state index contributed by atoms with van der Waals surface area (Å²) >= 11 is 0. The number of nitrogens with one attached hydrogen (secondary N) is 1. The van der Waals surface area contributed by atoms with Crippen LogP contribution in [-0.2, 0) is 9.53 Å². The highest BCUT2D eigenvalue weighted by atomic mass is 19.1. The van der Waals surface area contributed by atoms with Crippen LogP contribution in [-0.4, -0.2) is 18.6 Å². The molecule has 3 nitrogen and oxygen atoms in total. The second-order valence-electron chi connectivity index (χ2n) is 4.45. The van der Waals surface area contributed by atoms with Crippen LogP contribution in [0.4, 0.5) is 10.1 Å². The summed E-state index contributed by atoms with van der Waals surface area (Å²) in [5.41, 5.74) is -0.647. The molecule has 0 aliphatic carbocycles. The highest BCUT2D eigenvalue weighted by Gasteiger charge is 2.38. The Bertz CT molecular complexity index is 406. The van der Waals surface area contributed by atoms with Gasteiger partial charge in [-0.3, -0.25) is 0 Å². The van der Waals surface area contributed by atoms with E-state index in [2.05, 4.69) is 5.32 Å². The van der Waals surface area contributed by atoms with E-state index in [1.54, 1.807) is 25.1 Å². The number of anilines is 1. The predicted octanol–water partition coefficient (Wildman–Crippen LogP) is 2.83. The van der Waals surface area contributed by atoms with Crippen molar-refractivity contribution in [3.63, 3.8) is 0 Å². The molecule has 0 spiro atoms. The van der Waals surface area contributed by atoms with Gasteiger partial charge in [0.05, 0.1) is 12.8 Å². The maximum absolute atomic E-state index is 13.5. The summed E-state index contributed by atoms with van der Waals surface area (Å²) in [5, 5.41) is 2.92. The molecule has 0 saturated heterocycles. The van der Waals surface area contributed by atoms with Crippen molar-refractivity contribution >= 4 is 11.7 Å². The number of halogens is 1. The number of hydrogen-bond acceptors (Lipinski definition) is 3. The van der Waals surface area contributed by atoms with E-state index in [0.717, 1.165) is 0 Å². The molecule has 1 aromatic rings. The number of esters is 1. The van der Waals surface area contributed by atoms with Gasteiger partial charge >= 0.3 is 5.97 Å². The Morgan fingerprint density at radius 2 is 2.00 bits per heavy atom. The molecule has 1 atom stereocenters. The summed E-state index contributed by atoms with van der Waals surface area (Å²) < 4.78 is 18.3. The van der Waals surface area contributed by atoms with Crippen LogP contribution in [0.1, 0.15) is 20.8 Å². The van der Waals surface area contributed by atoms with Gasteiger partial charge in [-0.25, -0.2) is 9.18 Å². The first-order chi connectivity index (χ1) is 7.91. The number of para-hydroxylation sites is 1. The molecule has 0 aliphatic heterocycles. The van der Waals surface area contributed by atoms with Gasteiger partial charge in [-0.1, -0.05) is 26.0 Å². The van der Waals surface area contributed by atoms with Crippen LogP contribution in [0.25, 0.3) is 0 Å². The van der Waals surface area contributed by atoms with Crippen LogP contribution in [0.2, 0.25) is 0 Å². The number of methoxy groups -OCH3 is 1. The number of ether oxygens (including phenoxy) is 1. The minimum atomic E-state index is -0.947. The molecular formula is C13H18FNO2. The van der Waals surface area contributed by atoms with E-state index in [1.165, 1.54) is 13.2 Å². The summed E-state index contributed by atoms with van der Waals surface area (Å²) in [6, 6.07) is 6.26. The van der Waals surface area contributed by atoms with Gasteiger partial charge in [-0.2, -0.15) is 0 Å². The third-order valence-corrected chi connectivity index (χ3v) is 3.03. The van der Waals surface area contributed by atoms with E-state index >= 15 is 0 Å². The van der Waals surface area contributed by atoms with Gasteiger partial charge in [-0.05, 0) is 25.0 Å². The standard InChI is InChI=1S/C13H18FNO2/c1-9(2)13(3,12(16)17-4)15-11-8-6-5-7-10(11)14/h5-9,15H,1-4H3. The molecular weight excluding hydrogens is 221 g/mol. The van der Waals surface area contributed by atoms with Crippen molar-refractivity contribution < 1.29 is 13.9 Å². The first-order valence-corrected chi connectivity index (χ1v) is 5.53. The molecule has 0 amide bonds. The first kappa shape index (κ1) is 13.5. The summed E-state index contributed by atoms with van der Waals surface area (Å²) in [4.78, 5) is 11.8. The minimum absolute atomic E-state index is 0.0328. The number of hydrogen-bond donors (Lipinski definition) is 1. The second kappa shape index (κ2) is 5.17. The molecule has 1 aromatic carbocycles. The Morgan fingerprint density at radius 1 is 1.41 bits per heavy atom. The van der Waals surface area contributed by atoms with Crippen molar-refractivity contribution in [2.75, 3.05) is 12.4 Å². The molecule has 0 aromatic heterocycles. The molecule has 0 fully saturated rings. The van der Waals surface area contributed by atoms with E-state index in [-0.39, 0.29) is 11.7 Å². The lowest BCUT2D eigenvalue weighted by molar-refractivity contribution is -0.146. The quantitative estimate of drug-likeness (QED) is 0.821. The highest BCUT2D eigenvalue weighted by Crippen LogP contribution is 2.25. The zero-order valence-electron chi connectivity index (χ0n) is 10.6. The molecule has 4 heteroatoms. The third kappa shape index (κ3) is 2.75. The molecule has 1 unspecified atom stereocenters. The Kier molecular flexibility index (Phi) is 4.10. The summed E-state index contributed by atoms with van der Waals surface area (Å²) in [6.07, 6.45) is 0. The molecule has 94 valence electrons. The van der Waals surface area contributed by atoms with Crippen LogP contribution in [0.15, 0.2) is 24.3 Å². The fraction of sp³-hybridized carbons (Fsp3) is 0.462. The molecule has 0 heterocycles. The van der Waals surface area contributed by atoms with E-state index in [4.69, 9.17) is 4.74 Å². The molecule has 0 bridgehead atoms. The van der Waals surface area contributed by atoms with Crippen molar-refractivity contribution in [1.29, 1.82) is 0 Å². The number of rotatable bonds is 4. The van der Waals surface area contributed by atoms with Crippen LogP contribution < -0.4 is 5.32 Å². The van der Waals surface area contributed by atoms with Gasteiger partial charge in [0.25, 0.3) is 0 Å². The highest BCUT2D eigenvalue weighted by molar-refractivity contribution is 5.84.